The fourth-order valence-corrected chi connectivity index (χ4v) is 2.20. The van der Waals surface area contributed by atoms with Gasteiger partial charge in [0.15, 0.2) is 0 Å². The van der Waals surface area contributed by atoms with Crippen LogP contribution >= 0.6 is 0 Å². The maximum absolute atomic E-state index is 5.28. The van der Waals surface area contributed by atoms with Crippen LogP contribution in [-0.2, 0) is 0 Å². The second-order valence-electron chi connectivity index (χ2n) is 6.63. The van der Waals surface area contributed by atoms with Crippen LogP contribution in [0.2, 0.25) is 0 Å². The summed E-state index contributed by atoms with van der Waals surface area (Å²) in [5.74, 6) is 3.63. The average molecular weight is 400 g/mol. The van der Waals surface area contributed by atoms with E-state index in [1.807, 2.05) is 0 Å². The van der Waals surface area contributed by atoms with Crippen molar-refractivity contribution in [2.24, 2.45) is 29.4 Å². The smallest absolute Gasteiger partial charge is 0.0765 e. The van der Waals surface area contributed by atoms with Crippen molar-refractivity contribution < 1.29 is 5.73 Å². The lowest BCUT2D eigenvalue weighted by Gasteiger charge is -2.10. The summed E-state index contributed by atoms with van der Waals surface area (Å²) in [5.41, 5.74) is 9.04. The second kappa shape index (κ2) is 40.6. The first-order valence-corrected chi connectivity index (χ1v) is 8.95. The molecule has 0 aromatic heterocycles. The van der Waals surface area contributed by atoms with E-state index in [-0.39, 0.29) is 52.0 Å². The van der Waals surface area contributed by atoms with E-state index in [4.69, 9.17) is 5.73 Å². The summed E-state index contributed by atoms with van der Waals surface area (Å²) in [7, 11) is 0. The Balaban J connectivity index is -0.0000000231. The number of hydrogen-bond acceptors (Lipinski definition) is 1. The highest BCUT2D eigenvalue weighted by molar-refractivity contribution is 4.72. The van der Waals surface area contributed by atoms with Crippen molar-refractivity contribution in [2.75, 3.05) is 13.1 Å². The zero-order valence-corrected chi connectivity index (χ0v) is 15.3. The Bertz CT molecular complexity index is 165. The molecule has 0 saturated heterocycles. The minimum Gasteiger partial charge on any atom is -0.357 e. The second-order valence-corrected chi connectivity index (χ2v) is 6.63. The lowest BCUT2D eigenvalue weighted by molar-refractivity contribution is -0.378. The molecule has 0 radical (unpaired) electrons. The van der Waals surface area contributed by atoms with E-state index >= 15 is 0 Å². The molecule has 2 heteroatoms. The third-order valence-electron chi connectivity index (χ3n) is 4.85. The van der Waals surface area contributed by atoms with Gasteiger partial charge in [-0.15, -0.1) is 0 Å². The maximum Gasteiger partial charge on any atom is 0.0765 e. The van der Waals surface area contributed by atoms with Crippen molar-refractivity contribution in [3.05, 3.63) is 0 Å². The molecule has 0 heterocycles. The molecule has 2 nitrogen and oxygen atoms in total. The van der Waals surface area contributed by atoms with E-state index < -0.39 is 0 Å². The van der Waals surface area contributed by atoms with Crippen molar-refractivity contribution in [1.29, 1.82) is 0 Å². The van der Waals surface area contributed by atoms with Gasteiger partial charge in [0.05, 0.1) is 6.54 Å². The molecule has 0 amide bonds. The predicted octanol–water partition coefficient (Wildman–Crippen LogP) is 8.55. The molecule has 1 rings (SSSR count). The largest absolute Gasteiger partial charge is 0.357 e. The van der Waals surface area contributed by atoms with Crippen LogP contribution in [0, 0.1) is 23.7 Å². The highest BCUT2D eigenvalue weighted by Crippen LogP contribution is 2.32. The minimum absolute atomic E-state index is 0. The summed E-state index contributed by atoms with van der Waals surface area (Å²) in [6.07, 6.45) is 8.34. The summed E-state index contributed by atoms with van der Waals surface area (Å²) < 4.78 is 0. The third kappa shape index (κ3) is 37.4. The minimum atomic E-state index is 0. The molecule has 0 spiro atoms. The van der Waals surface area contributed by atoms with Crippen molar-refractivity contribution in [2.45, 2.75) is 132 Å². The van der Waals surface area contributed by atoms with Crippen LogP contribution in [0.4, 0.5) is 0 Å². The van der Waals surface area contributed by atoms with E-state index in [9.17, 15) is 0 Å². The first-order valence-electron chi connectivity index (χ1n) is 8.95. The Kier molecular flexibility index (Phi) is 84.6. The van der Waals surface area contributed by atoms with E-state index in [1.165, 1.54) is 38.5 Å². The molecule has 1 saturated carbocycles. The Morgan fingerprint density at radius 3 is 1.30 bits per heavy atom. The van der Waals surface area contributed by atoms with Crippen LogP contribution in [0.25, 0.3) is 0 Å². The standard InChI is InChI=1S/C8H16.2C5H13N.7CH4/c1-3-8-6-4-5-7(8)2;2*1-3-5(2)4-6;;;;;;;/h7-8H,3-6H2,1-2H3;2*5H,3-4,6H2,1-2H3;7*1H4/p+1. The zero-order chi connectivity index (χ0) is 16.0. The molecular formula is C25H71N2+. The molecule has 0 aromatic carbocycles. The summed E-state index contributed by atoms with van der Waals surface area (Å²) >= 11 is 0. The van der Waals surface area contributed by atoms with Gasteiger partial charge in [-0.2, -0.15) is 0 Å². The summed E-state index contributed by atoms with van der Waals surface area (Å²) in [6, 6.07) is 0. The van der Waals surface area contributed by atoms with Crippen molar-refractivity contribution in [3.63, 3.8) is 0 Å². The van der Waals surface area contributed by atoms with E-state index in [0.29, 0.717) is 5.92 Å². The summed E-state index contributed by atoms with van der Waals surface area (Å²) in [4.78, 5) is 0. The highest BCUT2D eigenvalue weighted by Gasteiger charge is 2.20. The van der Waals surface area contributed by atoms with Gasteiger partial charge in [0, 0.05) is 5.92 Å². The molecule has 5 N–H and O–H groups in total. The van der Waals surface area contributed by atoms with Gasteiger partial charge in [-0.25, -0.2) is 0 Å². The molecular weight excluding hydrogens is 328 g/mol. The highest BCUT2D eigenvalue weighted by atomic mass is 14.5. The van der Waals surface area contributed by atoms with Gasteiger partial charge in [-0.1, -0.05) is 126 Å². The van der Waals surface area contributed by atoms with Crippen molar-refractivity contribution >= 4 is 0 Å². The van der Waals surface area contributed by atoms with Gasteiger partial charge in [0.2, 0.25) is 0 Å². The number of hydrogen-bond donors (Lipinski definition) is 2. The molecule has 1 fully saturated rings. The average Bonchev–Trinajstić information content (AvgIpc) is 2.91. The monoisotopic (exact) mass is 400 g/mol. The Labute approximate surface area is 180 Å². The zero-order valence-electron chi connectivity index (χ0n) is 15.3. The molecule has 27 heavy (non-hydrogen) atoms. The number of rotatable bonds is 5. The third-order valence-corrected chi connectivity index (χ3v) is 4.85. The van der Waals surface area contributed by atoms with Gasteiger partial charge in [0.25, 0.3) is 0 Å². The molecule has 0 aromatic rings. The quantitative estimate of drug-likeness (QED) is 0.478. The fourth-order valence-electron chi connectivity index (χ4n) is 2.20. The van der Waals surface area contributed by atoms with Gasteiger partial charge >= 0.3 is 0 Å². The topological polar surface area (TPSA) is 53.7 Å². The molecule has 0 aliphatic heterocycles. The molecule has 1 aliphatic rings. The first kappa shape index (κ1) is 56.3. The van der Waals surface area contributed by atoms with Gasteiger partial charge in [-0.05, 0) is 30.7 Å². The van der Waals surface area contributed by atoms with Gasteiger partial charge < -0.3 is 11.5 Å². The van der Waals surface area contributed by atoms with Crippen molar-refractivity contribution in [1.82, 2.24) is 0 Å². The van der Waals surface area contributed by atoms with E-state index in [1.54, 1.807) is 0 Å². The SMILES string of the molecule is C.C.C.C.C.C.C.CCC(C)CN.CCC(C)C[NH3+].CCC1CCCC1C. The maximum atomic E-state index is 5.28. The Hall–Kier alpha value is -0.0800. The lowest BCUT2D eigenvalue weighted by Crippen LogP contribution is -2.52. The van der Waals surface area contributed by atoms with E-state index in [2.05, 4.69) is 47.3 Å². The molecule has 180 valence electrons. The molecule has 1 aliphatic carbocycles. The predicted molar refractivity (Wildman–Crippen MR) is 140 cm³/mol. The summed E-state index contributed by atoms with van der Waals surface area (Å²) in [5, 5.41) is 0. The van der Waals surface area contributed by atoms with Gasteiger partial charge in [0.1, 0.15) is 0 Å². The normalized spacial score (nSPS) is 17.8. The van der Waals surface area contributed by atoms with Crippen LogP contribution in [0.15, 0.2) is 0 Å². The summed E-state index contributed by atoms with van der Waals surface area (Å²) in [6.45, 7) is 15.3. The van der Waals surface area contributed by atoms with E-state index in [0.717, 1.165) is 30.8 Å². The van der Waals surface area contributed by atoms with Crippen LogP contribution in [-0.4, -0.2) is 13.1 Å². The molecule has 4 atom stereocenters. The molecule has 0 bridgehead atoms. The number of nitrogens with two attached hydrogens (primary N) is 1. The van der Waals surface area contributed by atoms with Crippen LogP contribution in [0.1, 0.15) is 132 Å². The van der Waals surface area contributed by atoms with Crippen LogP contribution < -0.4 is 11.5 Å². The Morgan fingerprint density at radius 1 is 0.815 bits per heavy atom. The Morgan fingerprint density at radius 2 is 1.22 bits per heavy atom. The van der Waals surface area contributed by atoms with Crippen LogP contribution in [0.3, 0.4) is 0 Å². The van der Waals surface area contributed by atoms with Gasteiger partial charge in [-0.3, -0.25) is 0 Å². The van der Waals surface area contributed by atoms with Crippen LogP contribution in [0.5, 0.6) is 0 Å². The molecule has 4 unspecified atom stereocenters. The van der Waals surface area contributed by atoms with Crippen molar-refractivity contribution in [3.8, 4) is 0 Å². The lowest BCUT2D eigenvalue weighted by atomic mass is 9.96. The fraction of sp³-hybridized carbons (Fsp3) is 1.00. The first-order chi connectivity index (χ1) is 9.46. The number of quaternary nitrogens is 1.